The third kappa shape index (κ3) is 2.59. The van der Waals surface area contributed by atoms with E-state index in [1.807, 2.05) is 0 Å². The highest BCUT2D eigenvalue weighted by molar-refractivity contribution is 4.90. The highest BCUT2D eigenvalue weighted by atomic mass is 19.4. The van der Waals surface area contributed by atoms with Crippen LogP contribution in [0.3, 0.4) is 0 Å². The van der Waals surface area contributed by atoms with Crippen LogP contribution in [0.15, 0.2) is 0 Å². The van der Waals surface area contributed by atoms with Gasteiger partial charge >= 0.3 is 6.18 Å². The maximum atomic E-state index is 12.4. The molecule has 1 rings (SSSR count). The van der Waals surface area contributed by atoms with E-state index in [0.29, 0.717) is 0 Å². The van der Waals surface area contributed by atoms with Crippen LogP contribution < -0.4 is 5.32 Å². The van der Waals surface area contributed by atoms with Crippen LogP contribution in [-0.2, 0) is 0 Å². The normalized spacial score (nSPS) is 21.0. The second-order valence-electron chi connectivity index (χ2n) is 4.25. The molecule has 0 spiro atoms. The maximum absolute atomic E-state index is 12.4. The summed E-state index contributed by atoms with van der Waals surface area (Å²) in [5, 5.41) is 2.67. The fourth-order valence-electron chi connectivity index (χ4n) is 1.66. The second kappa shape index (κ2) is 3.48. The molecule has 0 radical (unpaired) electrons. The minimum atomic E-state index is -4.16. The molecule has 0 bridgehead atoms. The van der Waals surface area contributed by atoms with E-state index in [9.17, 15) is 13.2 Å². The number of halogens is 3. The maximum Gasteiger partial charge on any atom is 0.406 e. The van der Waals surface area contributed by atoms with Crippen LogP contribution in [-0.4, -0.2) is 17.8 Å². The molecule has 0 aromatic rings. The van der Waals surface area contributed by atoms with Gasteiger partial charge in [-0.1, -0.05) is 12.8 Å². The van der Waals surface area contributed by atoms with Crippen molar-refractivity contribution in [1.29, 1.82) is 0 Å². The van der Waals surface area contributed by atoms with Gasteiger partial charge in [0.15, 0.2) is 0 Å². The van der Waals surface area contributed by atoms with Gasteiger partial charge in [0.2, 0.25) is 0 Å². The van der Waals surface area contributed by atoms with E-state index >= 15 is 0 Å². The first kappa shape index (κ1) is 10.8. The van der Waals surface area contributed by atoms with Crippen LogP contribution in [0.2, 0.25) is 0 Å². The molecular weight excluding hydrogens is 179 g/mol. The summed E-state index contributed by atoms with van der Waals surface area (Å²) in [6, 6.07) is 0.0524. The van der Waals surface area contributed by atoms with Crippen LogP contribution in [0, 0.1) is 0 Å². The third-order valence-corrected chi connectivity index (χ3v) is 2.63. The molecule has 0 aliphatic heterocycles. The second-order valence-corrected chi connectivity index (χ2v) is 4.25. The Morgan fingerprint density at radius 1 is 1.08 bits per heavy atom. The van der Waals surface area contributed by atoms with E-state index in [1.54, 1.807) is 0 Å². The van der Waals surface area contributed by atoms with Gasteiger partial charge in [-0.15, -0.1) is 0 Å². The number of hydrogen-bond acceptors (Lipinski definition) is 1. The Balaban J connectivity index is 2.50. The van der Waals surface area contributed by atoms with Crippen molar-refractivity contribution in [1.82, 2.24) is 5.32 Å². The molecule has 0 aromatic carbocycles. The van der Waals surface area contributed by atoms with E-state index in [2.05, 4.69) is 5.32 Å². The van der Waals surface area contributed by atoms with E-state index in [0.717, 1.165) is 25.7 Å². The van der Waals surface area contributed by atoms with Gasteiger partial charge in [-0.2, -0.15) is 13.2 Å². The Kier molecular flexibility index (Phi) is 2.90. The number of rotatable bonds is 2. The molecule has 0 saturated heterocycles. The van der Waals surface area contributed by atoms with Gasteiger partial charge in [0.1, 0.15) is 5.54 Å². The SMILES string of the molecule is CC(C)(NC1CCCC1)C(F)(F)F. The van der Waals surface area contributed by atoms with Gasteiger partial charge < -0.3 is 5.32 Å². The Labute approximate surface area is 76.7 Å². The topological polar surface area (TPSA) is 12.0 Å². The fourth-order valence-corrected chi connectivity index (χ4v) is 1.66. The monoisotopic (exact) mass is 195 g/mol. The van der Waals surface area contributed by atoms with E-state index < -0.39 is 11.7 Å². The molecule has 0 aromatic heterocycles. The van der Waals surface area contributed by atoms with Crippen LogP contribution >= 0.6 is 0 Å². The van der Waals surface area contributed by atoms with Crippen molar-refractivity contribution in [2.24, 2.45) is 0 Å². The summed E-state index contributed by atoms with van der Waals surface area (Å²) in [6.45, 7) is 2.40. The van der Waals surface area contributed by atoms with Gasteiger partial charge in [-0.3, -0.25) is 0 Å². The van der Waals surface area contributed by atoms with Gasteiger partial charge in [0.25, 0.3) is 0 Å². The van der Waals surface area contributed by atoms with Crippen LogP contribution in [0.1, 0.15) is 39.5 Å². The molecule has 4 heteroatoms. The highest BCUT2D eigenvalue weighted by Gasteiger charge is 2.48. The quantitative estimate of drug-likeness (QED) is 0.714. The third-order valence-electron chi connectivity index (χ3n) is 2.63. The van der Waals surface area contributed by atoms with Crippen LogP contribution in [0.4, 0.5) is 13.2 Å². The van der Waals surface area contributed by atoms with Crippen molar-refractivity contribution in [3.05, 3.63) is 0 Å². The Hall–Kier alpha value is -0.250. The van der Waals surface area contributed by atoms with Crippen LogP contribution in [0.25, 0.3) is 0 Å². The van der Waals surface area contributed by atoms with Crippen molar-refractivity contribution < 1.29 is 13.2 Å². The van der Waals surface area contributed by atoms with E-state index in [4.69, 9.17) is 0 Å². The predicted octanol–water partition coefficient (Wildman–Crippen LogP) is 2.86. The smallest absolute Gasteiger partial charge is 0.301 e. The first-order valence-corrected chi connectivity index (χ1v) is 4.67. The molecular formula is C9H16F3N. The number of nitrogens with one attached hydrogen (secondary N) is 1. The lowest BCUT2D eigenvalue weighted by Gasteiger charge is -2.32. The van der Waals surface area contributed by atoms with Crippen LogP contribution in [0.5, 0.6) is 0 Å². The first-order chi connectivity index (χ1) is 5.83. The minimum absolute atomic E-state index is 0.0524. The Morgan fingerprint density at radius 2 is 1.54 bits per heavy atom. The van der Waals surface area contributed by atoms with Gasteiger partial charge in [-0.25, -0.2) is 0 Å². The Bertz CT molecular complexity index is 168. The molecule has 0 unspecified atom stereocenters. The molecule has 0 atom stereocenters. The first-order valence-electron chi connectivity index (χ1n) is 4.67. The zero-order chi connectivity index (χ0) is 10.1. The molecule has 1 N–H and O–H groups in total. The van der Waals surface area contributed by atoms with E-state index in [-0.39, 0.29) is 6.04 Å². The molecule has 0 heterocycles. The molecule has 1 fully saturated rings. The van der Waals surface area contributed by atoms with Crippen molar-refractivity contribution >= 4 is 0 Å². The highest BCUT2D eigenvalue weighted by Crippen LogP contribution is 2.31. The van der Waals surface area contributed by atoms with Crippen molar-refractivity contribution in [3.8, 4) is 0 Å². The average molecular weight is 195 g/mol. The number of hydrogen-bond donors (Lipinski definition) is 1. The van der Waals surface area contributed by atoms with Crippen molar-refractivity contribution in [2.75, 3.05) is 0 Å². The number of alkyl halides is 3. The molecule has 13 heavy (non-hydrogen) atoms. The van der Waals surface area contributed by atoms with Gasteiger partial charge in [0.05, 0.1) is 0 Å². The summed E-state index contributed by atoms with van der Waals surface area (Å²) < 4.78 is 37.3. The molecule has 1 aliphatic rings. The minimum Gasteiger partial charge on any atom is -0.301 e. The largest absolute Gasteiger partial charge is 0.406 e. The summed E-state index contributed by atoms with van der Waals surface area (Å²) >= 11 is 0. The molecule has 0 amide bonds. The molecule has 1 saturated carbocycles. The summed E-state index contributed by atoms with van der Waals surface area (Å²) in [6.07, 6.45) is -0.314. The fraction of sp³-hybridized carbons (Fsp3) is 1.00. The average Bonchev–Trinajstić information content (AvgIpc) is 2.35. The summed E-state index contributed by atoms with van der Waals surface area (Å²) in [5.74, 6) is 0. The molecule has 1 aliphatic carbocycles. The van der Waals surface area contributed by atoms with Gasteiger partial charge in [0, 0.05) is 6.04 Å². The standard InChI is InChI=1S/C9H16F3N/c1-8(2,9(10,11)12)13-7-5-3-4-6-7/h7,13H,3-6H2,1-2H3. The van der Waals surface area contributed by atoms with Gasteiger partial charge in [-0.05, 0) is 26.7 Å². The predicted molar refractivity (Wildman–Crippen MR) is 45.5 cm³/mol. The lowest BCUT2D eigenvalue weighted by molar-refractivity contribution is -0.188. The molecule has 1 nitrogen and oxygen atoms in total. The summed E-state index contributed by atoms with van der Waals surface area (Å²) in [7, 11) is 0. The summed E-state index contributed by atoms with van der Waals surface area (Å²) in [4.78, 5) is 0. The van der Waals surface area contributed by atoms with E-state index in [1.165, 1.54) is 13.8 Å². The Morgan fingerprint density at radius 3 is 1.92 bits per heavy atom. The van der Waals surface area contributed by atoms with Crippen molar-refractivity contribution in [3.63, 3.8) is 0 Å². The zero-order valence-corrected chi connectivity index (χ0v) is 8.04. The molecule has 78 valence electrons. The lowest BCUT2D eigenvalue weighted by Crippen LogP contribution is -2.55. The summed E-state index contributed by atoms with van der Waals surface area (Å²) in [5.41, 5.74) is -1.75. The van der Waals surface area contributed by atoms with Crippen molar-refractivity contribution in [2.45, 2.75) is 57.3 Å². The zero-order valence-electron chi connectivity index (χ0n) is 8.04. The lowest BCUT2D eigenvalue weighted by atomic mass is 10.0.